The van der Waals surface area contributed by atoms with Gasteiger partial charge in [-0.25, -0.2) is 4.98 Å². The van der Waals surface area contributed by atoms with Crippen LogP contribution in [0.5, 0.6) is 0 Å². The molecule has 0 unspecified atom stereocenters. The second-order valence-electron chi connectivity index (χ2n) is 5.07. The number of imidazole rings is 1. The molecule has 2 aromatic heterocycles. The predicted octanol–water partition coefficient (Wildman–Crippen LogP) is 3.45. The summed E-state index contributed by atoms with van der Waals surface area (Å²) in [6.45, 7) is 3.97. The Bertz CT molecular complexity index is 853. The zero-order valence-electron chi connectivity index (χ0n) is 13.6. The van der Waals surface area contributed by atoms with Gasteiger partial charge in [0.1, 0.15) is 0 Å². The number of hydrogen-bond acceptors (Lipinski definition) is 4. The molecular formula is C18H18N6. The van der Waals surface area contributed by atoms with Crippen molar-refractivity contribution < 1.29 is 0 Å². The summed E-state index contributed by atoms with van der Waals surface area (Å²) in [7, 11) is 0. The van der Waals surface area contributed by atoms with E-state index in [0.717, 1.165) is 22.4 Å². The minimum atomic E-state index is 0.583. The SMILES string of the molecule is C\C=C(/C=C\C(=C/C)c1nn[nH]n1)c1ccc(-n2ccnc2)cc1. The van der Waals surface area contributed by atoms with Gasteiger partial charge in [-0.1, -0.05) is 36.4 Å². The summed E-state index contributed by atoms with van der Waals surface area (Å²) < 4.78 is 1.98. The summed E-state index contributed by atoms with van der Waals surface area (Å²) >= 11 is 0. The molecule has 0 atom stereocenters. The number of aromatic nitrogens is 6. The van der Waals surface area contributed by atoms with E-state index in [4.69, 9.17) is 0 Å². The van der Waals surface area contributed by atoms with Crippen molar-refractivity contribution in [2.45, 2.75) is 13.8 Å². The van der Waals surface area contributed by atoms with Crippen LogP contribution in [0.2, 0.25) is 0 Å². The van der Waals surface area contributed by atoms with E-state index in [-0.39, 0.29) is 0 Å². The number of rotatable bonds is 5. The summed E-state index contributed by atoms with van der Waals surface area (Å²) in [5.41, 5.74) is 4.26. The van der Waals surface area contributed by atoms with Gasteiger partial charge in [0.2, 0.25) is 5.82 Å². The maximum absolute atomic E-state index is 4.07. The van der Waals surface area contributed by atoms with E-state index in [1.807, 2.05) is 36.8 Å². The Balaban J connectivity index is 1.80. The van der Waals surface area contributed by atoms with Crippen molar-refractivity contribution in [2.24, 2.45) is 0 Å². The molecule has 0 spiro atoms. The van der Waals surface area contributed by atoms with Crippen molar-refractivity contribution in [1.29, 1.82) is 0 Å². The van der Waals surface area contributed by atoms with Gasteiger partial charge in [-0.3, -0.25) is 0 Å². The number of hydrogen-bond donors (Lipinski definition) is 1. The number of allylic oxidation sites excluding steroid dienone is 6. The summed E-state index contributed by atoms with van der Waals surface area (Å²) in [4.78, 5) is 4.07. The smallest absolute Gasteiger partial charge is 0.204 e. The van der Waals surface area contributed by atoms with Gasteiger partial charge in [-0.05, 0) is 42.3 Å². The van der Waals surface area contributed by atoms with Crippen LogP contribution in [-0.4, -0.2) is 30.2 Å². The molecule has 1 aromatic carbocycles. The third kappa shape index (κ3) is 3.38. The summed E-state index contributed by atoms with van der Waals surface area (Å²) in [5.74, 6) is 0.583. The average molecular weight is 318 g/mol. The monoisotopic (exact) mass is 318 g/mol. The number of aromatic amines is 1. The molecule has 6 heteroatoms. The normalized spacial score (nSPS) is 12.9. The Morgan fingerprint density at radius 1 is 1.04 bits per heavy atom. The molecule has 24 heavy (non-hydrogen) atoms. The van der Waals surface area contributed by atoms with Crippen molar-refractivity contribution in [3.05, 3.63) is 78.7 Å². The first-order valence-corrected chi connectivity index (χ1v) is 7.65. The molecule has 3 rings (SSSR count). The van der Waals surface area contributed by atoms with Gasteiger partial charge in [-0.2, -0.15) is 5.21 Å². The topological polar surface area (TPSA) is 72.3 Å². The Labute approximate surface area is 140 Å². The molecule has 0 saturated carbocycles. The maximum atomic E-state index is 4.07. The van der Waals surface area contributed by atoms with Gasteiger partial charge in [-0.15, -0.1) is 10.2 Å². The fourth-order valence-corrected chi connectivity index (χ4v) is 2.36. The number of tetrazole rings is 1. The van der Waals surface area contributed by atoms with Crippen LogP contribution in [0.1, 0.15) is 25.2 Å². The first-order chi connectivity index (χ1) is 11.8. The summed E-state index contributed by atoms with van der Waals surface area (Å²) in [6, 6.07) is 8.34. The van der Waals surface area contributed by atoms with Crippen molar-refractivity contribution in [3.63, 3.8) is 0 Å². The minimum Gasteiger partial charge on any atom is -0.306 e. The van der Waals surface area contributed by atoms with Crippen LogP contribution < -0.4 is 0 Å². The van der Waals surface area contributed by atoms with Crippen molar-refractivity contribution in [1.82, 2.24) is 30.2 Å². The van der Waals surface area contributed by atoms with E-state index in [1.54, 1.807) is 12.5 Å². The second-order valence-corrected chi connectivity index (χ2v) is 5.07. The fourth-order valence-electron chi connectivity index (χ4n) is 2.36. The lowest BCUT2D eigenvalue weighted by molar-refractivity contribution is 0.881. The van der Waals surface area contributed by atoms with Gasteiger partial charge in [0, 0.05) is 23.7 Å². The molecule has 0 bridgehead atoms. The van der Waals surface area contributed by atoms with Gasteiger partial charge in [0.15, 0.2) is 0 Å². The van der Waals surface area contributed by atoms with Crippen LogP contribution in [0.15, 0.2) is 67.3 Å². The molecule has 3 aromatic rings. The maximum Gasteiger partial charge on any atom is 0.204 e. The number of nitrogens with one attached hydrogen (secondary N) is 1. The van der Waals surface area contributed by atoms with E-state index < -0.39 is 0 Å². The zero-order chi connectivity index (χ0) is 16.8. The largest absolute Gasteiger partial charge is 0.306 e. The molecule has 1 N–H and O–H groups in total. The van der Waals surface area contributed by atoms with E-state index in [9.17, 15) is 0 Å². The molecule has 6 nitrogen and oxygen atoms in total. The fraction of sp³-hybridized carbons (Fsp3) is 0.111. The lowest BCUT2D eigenvalue weighted by Crippen LogP contribution is -1.90. The molecule has 120 valence electrons. The first-order valence-electron chi connectivity index (χ1n) is 7.65. The van der Waals surface area contributed by atoms with Gasteiger partial charge in [0.05, 0.1) is 6.33 Å². The van der Waals surface area contributed by atoms with Gasteiger partial charge < -0.3 is 4.57 Å². The number of nitrogens with zero attached hydrogens (tertiary/aromatic N) is 5. The Morgan fingerprint density at radius 3 is 2.38 bits per heavy atom. The van der Waals surface area contributed by atoms with Crippen molar-refractivity contribution in [3.8, 4) is 5.69 Å². The molecule has 2 heterocycles. The van der Waals surface area contributed by atoms with Crippen LogP contribution in [0.25, 0.3) is 16.8 Å². The highest BCUT2D eigenvalue weighted by Gasteiger charge is 2.03. The van der Waals surface area contributed by atoms with Crippen LogP contribution in [-0.2, 0) is 0 Å². The summed E-state index contributed by atoms with van der Waals surface area (Å²) in [6.07, 6.45) is 13.6. The molecule has 0 radical (unpaired) electrons. The second kappa shape index (κ2) is 7.32. The molecule has 0 fully saturated rings. The van der Waals surface area contributed by atoms with Crippen LogP contribution in [0.4, 0.5) is 0 Å². The van der Waals surface area contributed by atoms with E-state index >= 15 is 0 Å². The van der Waals surface area contributed by atoms with Gasteiger partial charge in [0.25, 0.3) is 0 Å². The van der Waals surface area contributed by atoms with Crippen LogP contribution in [0.3, 0.4) is 0 Å². The van der Waals surface area contributed by atoms with Crippen LogP contribution in [0, 0.1) is 0 Å². The van der Waals surface area contributed by atoms with E-state index in [2.05, 4.69) is 62.0 Å². The van der Waals surface area contributed by atoms with Crippen LogP contribution >= 0.6 is 0 Å². The van der Waals surface area contributed by atoms with E-state index in [0.29, 0.717) is 5.82 Å². The minimum absolute atomic E-state index is 0.583. The summed E-state index contributed by atoms with van der Waals surface area (Å²) in [5, 5.41) is 14.1. The Morgan fingerprint density at radius 2 is 1.79 bits per heavy atom. The standard InChI is InChI=1S/C18H18N6/c1-3-14(5-6-15(4-2)18-20-22-23-21-18)16-7-9-17(10-8-16)24-12-11-19-13-24/h3-13H,1-2H3,(H,20,21,22,23)/b6-5-,14-3+,15-4+. The molecule has 0 saturated heterocycles. The highest BCUT2D eigenvalue weighted by molar-refractivity contribution is 5.79. The molecule has 0 aliphatic rings. The zero-order valence-corrected chi connectivity index (χ0v) is 13.6. The van der Waals surface area contributed by atoms with Gasteiger partial charge >= 0.3 is 0 Å². The highest BCUT2D eigenvalue weighted by atomic mass is 15.5. The molecule has 0 aliphatic heterocycles. The average Bonchev–Trinajstić information content (AvgIpc) is 3.33. The lowest BCUT2D eigenvalue weighted by Gasteiger charge is -2.06. The Kier molecular flexibility index (Phi) is 4.76. The molecule has 0 amide bonds. The quantitative estimate of drug-likeness (QED) is 0.731. The van der Waals surface area contributed by atoms with Crippen molar-refractivity contribution in [2.75, 3.05) is 0 Å². The third-order valence-corrected chi connectivity index (χ3v) is 3.67. The Hall–Kier alpha value is -3.28. The third-order valence-electron chi connectivity index (χ3n) is 3.67. The molecular weight excluding hydrogens is 300 g/mol. The molecule has 0 aliphatic carbocycles. The highest BCUT2D eigenvalue weighted by Crippen LogP contribution is 2.20. The first kappa shape index (κ1) is 15.6. The number of benzene rings is 1. The number of H-pyrrole nitrogens is 1. The van der Waals surface area contributed by atoms with E-state index in [1.165, 1.54) is 0 Å². The predicted molar refractivity (Wildman–Crippen MR) is 94.2 cm³/mol. The lowest BCUT2D eigenvalue weighted by atomic mass is 10.0. The van der Waals surface area contributed by atoms with Crippen molar-refractivity contribution >= 4 is 11.1 Å².